The van der Waals surface area contributed by atoms with Crippen LogP contribution in [0.1, 0.15) is 10.4 Å². The average Bonchev–Trinajstić information content (AvgIpc) is 2.86. The summed E-state index contributed by atoms with van der Waals surface area (Å²) in [4.78, 5) is 16.0. The topological polar surface area (TPSA) is 97.2 Å². The maximum atomic E-state index is 12.8. The Kier molecular flexibility index (Phi) is 8.90. The maximum Gasteiger partial charge on any atom is 0.255 e. The molecule has 37 heavy (non-hydrogen) atoms. The van der Waals surface area contributed by atoms with Crippen LogP contribution in [0.2, 0.25) is 0 Å². The quantitative estimate of drug-likeness (QED) is 0.163. The Bertz CT molecular complexity index is 1510. The molecule has 6 N–H and O–H groups in total. The highest BCUT2D eigenvalue weighted by molar-refractivity contribution is 6.04. The van der Waals surface area contributed by atoms with Crippen molar-refractivity contribution in [3.05, 3.63) is 109 Å². The number of nitrogens with zero attached hydrogens (tertiary/aromatic N) is 1. The molecule has 0 atom stereocenters. The number of aromatic amines is 1. The van der Waals surface area contributed by atoms with Crippen LogP contribution in [0.15, 0.2) is 104 Å². The Labute approximate surface area is 227 Å². The summed E-state index contributed by atoms with van der Waals surface area (Å²) in [5.74, 6) is -0.173. The monoisotopic (exact) mass is 532 g/mol. The summed E-state index contributed by atoms with van der Waals surface area (Å²) in [6, 6.07) is 26.7. The van der Waals surface area contributed by atoms with Crippen LogP contribution in [0, 0.1) is 0 Å². The smallest absolute Gasteiger partial charge is 0.255 e. The first-order valence-electron chi connectivity index (χ1n) is 11.2. The normalized spacial score (nSPS) is 10.1. The van der Waals surface area contributed by atoms with Crippen molar-refractivity contribution in [3.8, 4) is 0 Å². The molecule has 0 bridgehead atoms. The van der Waals surface area contributed by atoms with Gasteiger partial charge in [-0.15, -0.1) is 0 Å². The number of aromatic nitrogens is 2. The van der Waals surface area contributed by atoms with Crippen LogP contribution in [0.25, 0.3) is 10.9 Å². The number of pyridine rings is 2. The summed E-state index contributed by atoms with van der Waals surface area (Å²) in [7, 11) is 1.97. The van der Waals surface area contributed by atoms with E-state index in [-0.39, 0.29) is 30.7 Å². The van der Waals surface area contributed by atoms with E-state index in [0.717, 1.165) is 33.7 Å². The van der Waals surface area contributed by atoms with E-state index < -0.39 is 0 Å². The van der Waals surface area contributed by atoms with Gasteiger partial charge in [0.15, 0.2) is 18.6 Å². The van der Waals surface area contributed by atoms with E-state index in [0.29, 0.717) is 16.9 Å². The maximum absolute atomic E-state index is 12.8. The van der Waals surface area contributed by atoms with Gasteiger partial charge in [-0.1, -0.05) is 6.07 Å². The number of fused-ring (bicyclic) bond motifs is 1. The van der Waals surface area contributed by atoms with Gasteiger partial charge in [0, 0.05) is 52.6 Å². The Morgan fingerprint density at radius 2 is 1.49 bits per heavy atom. The van der Waals surface area contributed by atoms with Gasteiger partial charge in [0.1, 0.15) is 7.05 Å². The van der Waals surface area contributed by atoms with E-state index in [1.165, 1.54) is 0 Å². The van der Waals surface area contributed by atoms with Gasteiger partial charge >= 0.3 is 0 Å². The van der Waals surface area contributed by atoms with Crippen molar-refractivity contribution < 1.29 is 39.2 Å². The molecule has 0 saturated carbocycles. The number of nitrogens with two attached hydrogens (primary N) is 1. The van der Waals surface area contributed by atoms with Gasteiger partial charge in [-0.25, -0.2) is 9.55 Å². The van der Waals surface area contributed by atoms with Crippen LogP contribution < -0.4 is 56.0 Å². The molecule has 188 valence electrons. The van der Waals surface area contributed by atoms with Crippen molar-refractivity contribution in [2.24, 2.45) is 7.05 Å². The van der Waals surface area contributed by atoms with Crippen LogP contribution in [0.3, 0.4) is 0 Å². The van der Waals surface area contributed by atoms with Crippen molar-refractivity contribution in [2.75, 3.05) is 21.7 Å². The molecule has 0 aliphatic heterocycles. The summed E-state index contributed by atoms with van der Waals surface area (Å²) in [6.45, 7) is 0. The molecule has 1 amide bonds. The van der Waals surface area contributed by atoms with Gasteiger partial charge in [-0.05, 0) is 54.6 Å². The fraction of sp³-hybridized carbons (Fsp3) is 0.0357. The lowest BCUT2D eigenvalue weighted by Gasteiger charge is -2.11. The second kappa shape index (κ2) is 12.1. The Morgan fingerprint density at radius 3 is 2.24 bits per heavy atom. The average molecular weight is 533 g/mol. The zero-order chi connectivity index (χ0) is 24.2. The Balaban J connectivity index is 0.00000190. The highest BCUT2D eigenvalue weighted by Gasteiger charge is 2.10. The fourth-order valence-corrected chi connectivity index (χ4v) is 3.81. The number of H-pyrrole nitrogens is 1. The third-order valence-electron chi connectivity index (χ3n) is 5.64. The largest absolute Gasteiger partial charge is 1.00 e. The number of hydrogen-bond donors (Lipinski definition) is 4. The minimum absolute atomic E-state index is 0. The second-order valence-corrected chi connectivity index (χ2v) is 8.31. The van der Waals surface area contributed by atoms with Gasteiger partial charge in [0.05, 0.1) is 16.8 Å². The molecule has 5 rings (SSSR count). The molecule has 0 fully saturated rings. The molecule has 0 radical (unpaired) electrons. The van der Waals surface area contributed by atoms with Gasteiger partial charge in [0.2, 0.25) is 5.52 Å². The fourth-order valence-electron chi connectivity index (χ4n) is 3.81. The van der Waals surface area contributed by atoms with Gasteiger partial charge in [-0.2, -0.15) is 0 Å². The minimum atomic E-state index is -0.173. The van der Waals surface area contributed by atoms with Crippen molar-refractivity contribution in [3.63, 3.8) is 0 Å². The second-order valence-electron chi connectivity index (χ2n) is 8.31. The van der Waals surface area contributed by atoms with Crippen molar-refractivity contribution >= 4 is 50.9 Å². The molecule has 0 aliphatic carbocycles. The molecule has 0 aliphatic rings. The zero-order valence-electron chi connectivity index (χ0n) is 20.0. The number of rotatable bonds is 6. The van der Waals surface area contributed by atoms with Crippen LogP contribution in [-0.4, -0.2) is 5.91 Å². The van der Waals surface area contributed by atoms with Crippen LogP contribution >= 0.6 is 0 Å². The van der Waals surface area contributed by atoms with Crippen molar-refractivity contribution in [2.45, 2.75) is 0 Å². The molecular weight excluding hydrogens is 507 g/mol. The first-order chi connectivity index (χ1) is 17.0. The number of carbonyl (C=O) groups excluding carboxylic acids is 1. The molecule has 2 aromatic heterocycles. The molecule has 5 aromatic rings. The third-order valence-corrected chi connectivity index (χ3v) is 5.64. The number of nitrogen functional groups attached to an aromatic ring is 1. The number of halogens is 2. The van der Waals surface area contributed by atoms with E-state index in [1.54, 1.807) is 12.1 Å². The SMILES string of the molecule is C[n+]1ccc(Nc2cccc(NC(=O)c3ccc(Nc4cc[nH+]c5ccc(N)cc45)cc3)c2)cc1.[Cl-].[Cl-]. The predicted molar refractivity (Wildman–Crippen MR) is 140 cm³/mol. The van der Waals surface area contributed by atoms with Crippen LogP contribution in [0.4, 0.5) is 34.1 Å². The highest BCUT2D eigenvalue weighted by atomic mass is 35.5. The lowest BCUT2D eigenvalue weighted by molar-refractivity contribution is -0.671. The number of hydrogen-bond acceptors (Lipinski definition) is 4. The van der Waals surface area contributed by atoms with E-state index in [9.17, 15) is 4.79 Å². The summed E-state index contributed by atoms with van der Waals surface area (Å²) in [6.07, 6.45) is 5.82. The van der Waals surface area contributed by atoms with E-state index in [1.807, 2.05) is 103 Å². The molecule has 0 unspecified atom stereocenters. The summed E-state index contributed by atoms with van der Waals surface area (Å²) >= 11 is 0. The number of anilines is 6. The first kappa shape index (κ1) is 27.3. The molecule has 7 nitrogen and oxygen atoms in total. The molecule has 3 aromatic carbocycles. The first-order valence-corrected chi connectivity index (χ1v) is 11.2. The number of nitrogens with one attached hydrogen (secondary N) is 4. The van der Waals surface area contributed by atoms with Crippen LogP contribution in [-0.2, 0) is 7.05 Å². The van der Waals surface area contributed by atoms with E-state index >= 15 is 0 Å². The van der Waals surface area contributed by atoms with E-state index in [4.69, 9.17) is 5.73 Å². The lowest BCUT2D eigenvalue weighted by Crippen LogP contribution is -3.00. The summed E-state index contributed by atoms with van der Waals surface area (Å²) in [5.41, 5.74) is 12.6. The predicted octanol–water partition coefficient (Wildman–Crippen LogP) is -1.19. The van der Waals surface area contributed by atoms with Gasteiger partial charge < -0.3 is 46.5 Å². The zero-order valence-corrected chi connectivity index (χ0v) is 21.5. The Morgan fingerprint density at radius 1 is 0.784 bits per heavy atom. The third kappa shape index (κ3) is 6.67. The molecule has 2 heterocycles. The lowest BCUT2D eigenvalue weighted by atomic mass is 10.1. The van der Waals surface area contributed by atoms with Gasteiger partial charge in [0.25, 0.3) is 5.91 Å². The van der Waals surface area contributed by atoms with Gasteiger partial charge in [-0.3, -0.25) is 4.79 Å². The standard InChI is InChI=1S/C28H24N6O.2ClH/c1-34-15-12-22(13-16-34)31-23-3-2-4-24(18-23)33-28(35)19-5-8-21(9-6-19)32-27-11-14-30-26-10-7-20(29)17-25(26)27;;/h2-18H,29H2,1H3,(H2,30,32,33,35);2*1H. The summed E-state index contributed by atoms with van der Waals surface area (Å²) < 4.78 is 1.97. The number of amides is 1. The van der Waals surface area contributed by atoms with Crippen molar-refractivity contribution in [1.29, 1.82) is 0 Å². The van der Waals surface area contributed by atoms with E-state index in [2.05, 4.69) is 20.9 Å². The number of aryl methyl sites for hydroxylation is 1. The molecule has 0 saturated heterocycles. The van der Waals surface area contributed by atoms with Crippen LogP contribution in [0.5, 0.6) is 0 Å². The highest BCUT2D eigenvalue weighted by Crippen LogP contribution is 2.26. The van der Waals surface area contributed by atoms with Crippen molar-refractivity contribution in [1.82, 2.24) is 0 Å². The number of carbonyl (C=O) groups is 1. The molecule has 0 spiro atoms. The summed E-state index contributed by atoms with van der Waals surface area (Å²) in [5, 5.41) is 10.7. The molecular formula is C28H26Cl2N6O. The number of benzene rings is 3. The molecule has 9 heteroatoms. The Hall–Kier alpha value is -4.33. The minimum Gasteiger partial charge on any atom is -1.00 e.